The minimum atomic E-state index is -3.24. The highest BCUT2D eigenvalue weighted by atomic mass is 32.2. The number of nitrogens with zero attached hydrogens (tertiary/aromatic N) is 3. The van der Waals surface area contributed by atoms with Gasteiger partial charge in [-0.3, -0.25) is 4.90 Å². The van der Waals surface area contributed by atoms with Crippen LogP contribution in [0.2, 0.25) is 0 Å². The summed E-state index contributed by atoms with van der Waals surface area (Å²) in [5.74, 6) is 0.312. The second-order valence-corrected chi connectivity index (χ2v) is 9.23. The molecule has 1 saturated heterocycles. The van der Waals surface area contributed by atoms with E-state index < -0.39 is 9.84 Å². The van der Waals surface area contributed by atoms with Crippen LogP contribution in [-0.4, -0.2) is 75.0 Å². The number of anilines is 2. The molecule has 2 heterocycles. The average Bonchev–Trinajstić information content (AvgIpc) is 2.67. The first-order valence-electron chi connectivity index (χ1n) is 9.55. The minimum Gasteiger partial charge on any atom is -0.384 e. The summed E-state index contributed by atoms with van der Waals surface area (Å²) in [5.41, 5.74) is 7.40. The number of carbonyl (C=O) groups excluding carboxylic acids is 1. The molecule has 0 saturated carbocycles. The van der Waals surface area contributed by atoms with Gasteiger partial charge in [0.2, 0.25) is 0 Å². The number of sulfone groups is 1. The summed E-state index contributed by atoms with van der Waals surface area (Å²) in [5, 5.41) is 5.60. The van der Waals surface area contributed by atoms with Crippen LogP contribution in [0.15, 0.2) is 30.3 Å². The van der Waals surface area contributed by atoms with Gasteiger partial charge in [0, 0.05) is 49.8 Å². The standard InChI is InChI=1S/C19H26N6O4S/c1-30(27,28)13-16-12-17(20)24-18(22-16)14-2-4-15(5-3-14)23-19(26)21-6-7-25-8-10-29-11-9-25/h2-5,12H,6-11,13H2,1H3,(H2,20,22,24)(H2,21,23,26). The summed E-state index contributed by atoms with van der Waals surface area (Å²) in [6.45, 7) is 4.53. The maximum absolute atomic E-state index is 12.1. The number of ether oxygens (including phenoxy) is 1. The lowest BCUT2D eigenvalue weighted by atomic mass is 10.2. The molecule has 0 spiro atoms. The van der Waals surface area contributed by atoms with Crippen LogP contribution in [0, 0.1) is 0 Å². The Hall–Kier alpha value is -2.76. The molecule has 0 bridgehead atoms. The van der Waals surface area contributed by atoms with Crippen molar-refractivity contribution in [2.75, 3.05) is 56.7 Å². The van der Waals surface area contributed by atoms with Gasteiger partial charge in [-0.1, -0.05) is 0 Å². The van der Waals surface area contributed by atoms with Gasteiger partial charge in [0.05, 0.1) is 24.7 Å². The first-order valence-corrected chi connectivity index (χ1v) is 11.6. The molecule has 0 radical (unpaired) electrons. The van der Waals surface area contributed by atoms with Gasteiger partial charge in [0.1, 0.15) is 5.82 Å². The van der Waals surface area contributed by atoms with E-state index in [1.165, 1.54) is 6.07 Å². The first kappa shape index (κ1) is 21.9. The number of rotatable bonds is 7. The van der Waals surface area contributed by atoms with Crippen molar-refractivity contribution in [3.05, 3.63) is 36.0 Å². The van der Waals surface area contributed by atoms with Gasteiger partial charge in [0.15, 0.2) is 15.7 Å². The van der Waals surface area contributed by atoms with Crippen molar-refractivity contribution in [1.29, 1.82) is 0 Å². The average molecular weight is 435 g/mol. The highest BCUT2D eigenvalue weighted by Gasteiger charge is 2.12. The molecule has 2 amide bonds. The van der Waals surface area contributed by atoms with Crippen LogP contribution in [0.1, 0.15) is 5.69 Å². The van der Waals surface area contributed by atoms with Crippen LogP contribution >= 0.6 is 0 Å². The fraction of sp³-hybridized carbons (Fsp3) is 0.421. The third kappa shape index (κ3) is 6.94. The maximum atomic E-state index is 12.1. The third-order valence-corrected chi connectivity index (χ3v) is 5.25. The molecule has 1 aliphatic rings. The molecule has 1 aliphatic heterocycles. The van der Waals surface area contributed by atoms with Gasteiger partial charge < -0.3 is 21.1 Å². The van der Waals surface area contributed by atoms with Gasteiger partial charge in [0.25, 0.3) is 0 Å². The molecule has 11 heteroatoms. The normalized spacial score (nSPS) is 15.0. The fourth-order valence-electron chi connectivity index (χ4n) is 3.02. The van der Waals surface area contributed by atoms with Crippen molar-refractivity contribution in [3.63, 3.8) is 0 Å². The fourth-order valence-corrected chi connectivity index (χ4v) is 3.71. The molecule has 1 aromatic heterocycles. The van der Waals surface area contributed by atoms with Gasteiger partial charge >= 0.3 is 6.03 Å². The zero-order valence-corrected chi connectivity index (χ0v) is 17.6. The molecule has 162 valence electrons. The summed E-state index contributed by atoms with van der Waals surface area (Å²) in [7, 11) is -3.24. The molecular weight excluding hydrogens is 408 g/mol. The molecule has 3 rings (SSSR count). The van der Waals surface area contributed by atoms with E-state index in [4.69, 9.17) is 10.5 Å². The molecular formula is C19H26N6O4S. The van der Waals surface area contributed by atoms with Crippen LogP contribution < -0.4 is 16.4 Å². The number of nitrogens with two attached hydrogens (primary N) is 1. The molecule has 10 nitrogen and oxygen atoms in total. The van der Waals surface area contributed by atoms with Crippen LogP contribution in [0.3, 0.4) is 0 Å². The summed E-state index contributed by atoms with van der Waals surface area (Å²) in [6, 6.07) is 8.08. The van der Waals surface area contributed by atoms with Crippen molar-refractivity contribution in [2.24, 2.45) is 0 Å². The van der Waals surface area contributed by atoms with Gasteiger partial charge in [-0.25, -0.2) is 23.2 Å². The lowest BCUT2D eigenvalue weighted by Crippen LogP contribution is -2.42. The molecule has 1 aromatic carbocycles. The number of hydrogen-bond acceptors (Lipinski definition) is 8. The van der Waals surface area contributed by atoms with E-state index in [2.05, 4.69) is 25.5 Å². The Morgan fingerprint density at radius 3 is 2.57 bits per heavy atom. The topological polar surface area (TPSA) is 140 Å². The highest BCUT2D eigenvalue weighted by molar-refractivity contribution is 7.89. The monoisotopic (exact) mass is 434 g/mol. The summed E-state index contributed by atoms with van der Waals surface area (Å²) >= 11 is 0. The molecule has 1 fully saturated rings. The Bertz CT molecular complexity index is 975. The molecule has 2 aromatic rings. The summed E-state index contributed by atoms with van der Waals surface area (Å²) in [4.78, 5) is 22.8. The summed E-state index contributed by atoms with van der Waals surface area (Å²) in [6.07, 6.45) is 1.14. The molecule has 4 N–H and O–H groups in total. The van der Waals surface area contributed by atoms with E-state index in [-0.39, 0.29) is 17.6 Å². The van der Waals surface area contributed by atoms with Crippen LogP contribution in [-0.2, 0) is 20.3 Å². The van der Waals surface area contributed by atoms with E-state index in [0.717, 1.165) is 39.1 Å². The second-order valence-electron chi connectivity index (χ2n) is 7.09. The number of benzene rings is 1. The number of hydrogen-bond donors (Lipinski definition) is 3. The predicted octanol–water partition coefficient (Wildman–Crippen LogP) is 0.724. The van der Waals surface area contributed by atoms with Crippen LogP contribution in [0.4, 0.5) is 16.3 Å². The zero-order chi connectivity index (χ0) is 21.6. The zero-order valence-electron chi connectivity index (χ0n) is 16.8. The van der Waals surface area contributed by atoms with E-state index in [1.807, 2.05) is 0 Å². The van der Waals surface area contributed by atoms with Gasteiger partial charge in [-0.15, -0.1) is 0 Å². The van der Waals surface area contributed by atoms with E-state index in [9.17, 15) is 13.2 Å². The Balaban J connectivity index is 1.56. The lowest BCUT2D eigenvalue weighted by Gasteiger charge is -2.26. The van der Waals surface area contributed by atoms with E-state index in [0.29, 0.717) is 29.3 Å². The third-order valence-electron chi connectivity index (χ3n) is 4.43. The molecule has 30 heavy (non-hydrogen) atoms. The van der Waals surface area contributed by atoms with Crippen molar-refractivity contribution >= 4 is 27.4 Å². The Morgan fingerprint density at radius 2 is 1.90 bits per heavy atom. The minimum absolute atomic E-state index is 0.195. The Kier molecular flexibility index (Phi) is 7.19. The van der Waals surface area contributed by atoms with Crippen molar-refractivity contribution in [3.8, 4) is 11.4 Å². The summed E-state index contributed by atoms with van der Waals surface area (Å²) < 4.78 is 28.3. The first-order chi connectivity index (χ1) is 14.3. The highest BCUT2D eigenvalue weighted by Crippen LogP contribution is 2.20. The quantitative estimate of drug-likeness (QED) is 0.579. The smallest absolute Gasteiger partial charge is 0.319 e. The predicted molar refractivity (Wildman–Crippen MR) is 115 cm³/mol. The van der Waals surface area contributed by atoms with Crippen molar-refractivity contribution in [1.82, 2.24) is 20.2 Å². The number of aromatic nitrogens is 2. The number of carbonyl (C=O) groups is 1. The SMILES string of the molecule is CS(=O)(=O)Cc1cc(N)nc(-c2ccc(NC(=O)NCCN3CCOCC3)cc2)n1. The number of nitrogens with one attached hydrogen (secondary N) is 2. The molecule has 0 aliphatic carbocycles. The van der Waals surface area contributed by atoms with E-state index >= 15 is 0 Å². The van der Waals surface area contributed by atoms with Crippen LogP contribution in [0.25, 0.3) is 11.4 Å². The largest absolute Gasteiger partial charge is 0.384 e. The van der Waals surface area contributed by atoms with E-state index in [1.54, 1.807) is 24.3 Å². The maximum Gasteiger partial charge on any atom is 0.319 e. The Morgan fingerprint density at radius 1 is 1.20 bits per heavy atom. The number of amides is 2. The molecule has 0 atom stereocenters. The Labute approximate surface area is 175 Å². The molecule has 0 unspecified atom stereocenters. The van der Waals surface area contributed by atoms with Crippen LogP contribution in [0.5, 0.6) is 0 Å². The lowest BCUT2D eigenvalue weighted by molar-refractivity contribution is 0.0388. The second kappa shape index (κ2) is 9.83. The number of urea groups is 1. The number of morpholine rings is 1. The van der Waals surface area contributed by atoms with Crippen molar-refractivity contribution < 1.29 is 17.9 Å². The number of nitrogen functional groups attached to an aromatic ring is 1. The van der Waals surface area contributed by atoms with Crippen molar-refractivity contribution in [2.45, 2.75) is 5.75 Å². The van der Waals surface area contributed by atoms with Gasteiger partial charge in [-0.2, -0.15) is 0 Å². The van der Waals surface area contributed by atoms with Gasteiger partial charge in [-0.05, 0) is 24.3 Å².